The van der Waals surface area contributed by atoms with E-state index in [1.807, 2.05) is 58.0 Å². The van der Waals surface area contributed by atoms with E-state index in [0.717, 1.165) is 5.56 Å². The lowest BCUT2D eigenvalue weighted by molar-refractivity contribution is -0.147. The van der Waals surface area contributed by atoms with Crippen molar-refractivity contribution in [3.63, 3.8) is 0 Å². The zero-order chi connectivity index (χ0) is 23.8. The van der Waals surface area contributed by atoms with Gasteiger partial charge < -0.3 is 20.3 Å². The van der Waals surface area contributed by atoms with E-state index in [-0.39, 0.29) is 36.1 Å². The molecule has 8 heteroatoms. The van der Waals surface area contributed by atoms with Crippen molar-refractivity contribution < 1.29 is 23.9 Å². The van der Waals surface area contributed by atoms with Crippen LogP contribution in [0, 0.1) is 11.8 Å². The molecule has 32 heavy (non-hydrogen) atoms. The first-order chi connectivity index (χ1) is 15.1. The number of carbonyl (C=O) groups excluding carboxylic acids is 4. The number of amides is 3. The summed E-state index contributed by atoms with van der Waals surface area (Å²) < 4.78 is 4.76. The van der Waals surface area contributed by atoms with Gasteiger partial charge in [0.05, 0.1) is 19.6 Å². The number of esters is 1. The van der Waals surface area contributed by atoms with Gasteiger partial charge in [-0.3, -0.25) is 14.4 Å². The van der Waals surface area contributed by atoms with Crippen molar-refractivity contribution >= 4 is 23.7 Å². The summed E-state index contributed by atoms with van der Waals surface area (Å²) in [6.07, 6.45) is 1.19. The third kappa shape index (κ3) is 6.55. The Labute approximate surface area is 190 Å². The van der Waals surface area contributed by atoms with Gasteiger partial charge >= 0.3 is 5.97 Å². The highest BCUT2D eigenvalue weighted by Gasteiger charge is 2.36. The highest BCUT2D eigenvalue weighted by Crippen LogP contribution is 2.34. The highest BCUT2D eigenvalue weighted by atomic mass is 16.5. The lowest BCUT2D eigenvalue weighted by Gasteiger charge is -2.41. The summed E-state index contributed by atoms with van der Waals surface area (Å²) in [6.45, 7) is 7.77. The van der Waals surface area contributed by atoms with Gasteiger partial charge in [-0.2, -0.15) is 0 Å². The van der Waals surface area contributed by atoms with E-state index in [4.69, 9.17) is 4.74 Å². The van der Waals surface area contributed by atoms with Crippen molar-refractivity contribution in [2.45, 2.75) is 65.1 Å². The third-order valence-corrected chi connectivity index (χ3v) is 5.74. The molecular formula is C24H35N3O5. The molecule has 1 heterocycles. The highest BCUT2D eigenvalue weighted by molar-refractivity contribution is 5.91. The van der Waals surface area contributed by atoms with Gasteiger partial charge in [-0.1, -0.05) is 58.0 Å². The number of β-lactam (4-membered cyclic amide) rings is 1. The molecule has 1 saturated heterocycles. The number of nitrogens with one attached hydrogen (secondary N) is 2. The summed E-state index contributed by atoms with van der Waals surface area (Å²) in [5.74, 6) is -1.43. The average molecular weight is 446 g/mol. The van der Waals surface area contributed by atoms with Crippen molar-refractivity contribution in [1.29, 1.82) is 0 Å². The van der Waals surface area contributed by atoms with Crippen LogP contribution in [0.25, 0.3) is 0 Å². The molecule has 0 aromatic heterocycles. The van der Waals surface area contributed by atoms with Crippen LogP contribution in [0.5, 0.6) is 0 Å². The van der Waals surface area contributed by atoms with Crippen LogP contribution in [0.3, 0.4) is 0 Å². The number of carbonyl (C=O) groups is 4. The summed E-state index contributed by atoms with van der Waals surface area (Å²) in [6, 6.07) is 8.36. The van der Waals surface area contributed by atoms with Gasteiger partial charge in [-0.05, 0) is 23.8 Å². The molecule has 1 aromatic carbocycles. The molecule has 0 saturated carbocycles. The van der Waals surface area contributed by atoms with Crippen LogP contribution in [0.4, 0.5) is 0 Å². The monoisotopic (exact) mass is 445 g/mol. The Balaban J connectivity index is 1.87. The first-order valence-electron chi connectivity index (χ1n) is 11.2. The van der Waals surface area contributed by atoms with Crippen LogP contribution >= 0.6 is 0 Å². The van der Waals surface area contributed by atoms with E-state index in [9.17, 15) is 19.2 Å². The molecule has 0 bridgehead atoms. The largest absolute Gasteiger partial charge is 0.467 e. The van der Waals surface area contributed by atoms with E-state index in [1.54, 1.807) is 4.90 Å². The van der Waals surface area contributed by atoms with Crippen molar-refractivity contribution in [2.24, 2.45) is 11.8 Å². The lowest BCUT2D eigenvalue weighted by atomic mass is 9.93. The average Bonchev–Trinajstić information content (AvgIpc) is 2.76. The molecule has 1 aliphatic rings. The Kier molecular flexibility index (Phi) is 9.23. The van der Waals surface area contributed by atoms with Gasteiger partial charge in [-0.15, -0.1) is 0 Å². The Bertz CT molecular complexity index is 809. The molecule has 2 N–H and O–H groups in total. The number of ether oxygens (including phenoxy) is 1. The van der Waals surface area contributed by atoms with Crippen LogP contribution in [-0.2, 0) is 23.9 Å². The van der Waals surface area contributed by atoms with Gasteiger partial charge in [0.2, 0.25) is 17.7 Å². The maximum atomic E-state index is 12.7. The van der Waals surface area contributed by atoms with Gasteiger partial charge in [0.25, 0.3) is 0 Å². The van der Waals surface area contributed by atoms with Gasteiger partial charge in [-0.25, -0.2) is 4.79 Å². The minimum absolute atomic E-state index is 0.0623. The van der Waals surface area contributed by atoms with E-state index in [0.29, 0.717) is 19.4 Å². The Hall–Kier alpha value is -2.90. The van der Waals surface area contributed by atoms with Gasteiger partial charge in [0.15, 0.2) is 0 Å². The molecule has 0 spiro atoms. The maximum absolute atomic E-state index is 12.7. The molecule has 1 aliphatic heterocycles. The molecule has 3 atom stereocenters. The normalized spacial score (nSPS) is 17.5. The predicted octanol–water partition coefficient (Wildman–Crippen LogP) is 2.19. The van der Waals surface area contributed by atoms with Crippen molar-refractivity contribution in [3.8, 4) is 0 Å². The molecule has 3 amide bonds. The maximum Gasteiger partial charge on any atom is 0.328 e. The quantitative estimate of drug-likeness (QED) is 0.401. The fourth-order valence-electron chi connectivity index (χ4n) is 3.77. The molecule has 0 aliphatic carbocycles. The second-order valence-electron chi connectivity index (χ2n) is 8.86. The van der Waals surface area contributed by atoms with E-state index in [2.05, 4.69) is 10.6 Å². The van der Waals surface area contributed by atoms with Crippen molar-refractivity contribution in [1.82, 2.24) is 15.5 Å². The number of hydrogen-bond donors (Lipinski definition) is 2. The smallest absolute Gasteiger partial charge is 0.328 e. The summed E-state index contributed by atoms with van der Waals surface area (Å²) in [7, 11) is 1.27. The number of rotatable bonds is 11. The lowest BCUT2D eigenvalue weighted by Crippen LogP contribution is -2.55. The number of benzene rings is 1. The fraction of sp³-hybridized carbons (Fsp3) is 0.583. The number of nitrogens with zero attached hydrogens (tertiary/aromatic N) is 1. The molecule has 176 valence electrons. The van der Waals surface area contributed by atoms with Crippen molar-refractivity contribution in [2.75, 3.05) is 13.7 Å². The zero-order valence-corrected chi connectivity index (χ0v) is 19.6. The van der Waals surface area contributed by atoms with Crippen LogP contribution < -0.4 is 10.6 Å². The summed E-state index contributed by atoms with van der Waals surface area (Å²) >= 11 is 0. The predicted molar refractivity (Wildman–Crippen MR) is 120 cm³/mol. The first kappa shape index (κ1) is 25.4. The van der Waals surface area contributed by atoms with E-state index in [1.165, 1.54) is 7.11 Å². The van der Waals surface area contributed by atoms with Gasteiger partial charge in [0, 0.05) is 13.0 Å². The third-order valence-electron chi connectivity index (χ3n) is 5.74. The topological polar surface area (TPSA) is 105 Å². The number of methoxy groups -OCH3 is 1. The zero-order valence-electron chi connectivity index (χ0n) is 19.6. The number of likely N-dealkylation sites (tertiary alicyclic amines) is 1. The SMILES string of the molecule is COC(=O)[C@@H](NC(=O)[C@@H](NC(=O)CCCN1C(=O)CC1c1ccccc1)C(C)C)C(C)C. The summed E-state index contributed by atoms with van der Waals surface area (Å²) in [5, 5.41) is 5.47. The molecular weight excluding hydrogens is 410 g/mol. The molecule has 1 aromatic rings. The van der Waals surface area contributed by atoms with E-state index < -0.39 is 24.0 Å². The summed E-state index contributed by atoms with van der Waals surface area (Å²) in [4.78, 5) is 51.0. The molecule has 1 fully saturated rings. The van der Waals surface area contributed by atoms with E-state index >= 15 is 0 Å². The fourth-order valence-corrected chi connectivity index (χ4v) is 3.77. The van der Waals surface area contributed by atoms with Crippen LogP contribution in [0.2, 0.25) is 0 Å². The molecule has 1 unspecified atom stereocenters. The second kappa shape index (κ2) is 11.6. The minimum Gasteiger partial charge on any atom is -0.467 e. The molecule has 0 radical (unpaired) electrons. The van der Waals surface area contributed by atoms with Crippen molar-refractivity contribution in [3.05, 3.63) is 35.9 Å². The number of hydrogen-bond acceptors (Lipinski definition) is 5. The van der Waals surface area contributed by atoms with Gasteiger partial charge in [0.1, 0.15) is 12.1 Å². The molecule has 8 nitrogen and oxygen atoms in total. The Morgan fingerprint density at radius 2 is 1.66 bits per heavy atom. The standard InChI is InChI=1S/C24H35N3O5/c1-15(2)21(23(30)26-22(16(3)4)24(31)32-5)25-19(28)12-9-13-27-18(14-20(27)29)17-10-7-6-8-11-17/h6-8,10-11,15-16,18,21-22H,9,12-14H2,1-5H3,(H,25,28)(H,26,30)/t18?,21-,22-/m0/s1. The van der Waals surface area contributed by atoms with Crippen LogP contribution in [0.1, 0.15) is 58.6 Å². The Morgan fingerprint density at radius 1 is 1.03 bits per heavy atom. The van der Waals surface area contributed by atoms with Crippen LogP contribution in [-0.4, -0.2) is 54.3 Å². The summed E-state index contributed by atoms with van der Waals surface area (Å²) in [5.41, 5.74) is 1.10. The Morgan fingerprint density at radius 3 is 2.19 bits per heavy atom. The minimum atomic E-state index is -0.780. The first-order valence-corrected chi connectivity index (χ1v) is 11.2. The van der Waals surface area contributed by atoms with Crippen LogP contribution in [0.15, 0.2) is 30.3 Å². The second-order valence-corrected chi connectivity index (χ2v) is 8.86. The molecule has 2 rings (SSSR count).